The van der Waals surface area contributed by atoms with Crippen LogP contribution in [0, 0.1) is 0 Å². The molecule has 0 amide bonds. The van der Waals surface area contributed by atoms with Crippen LogP contribution in [0.5, 0.6) is 5.75 Å². The molecule has 5 heteroatoms. The molecule has 108 valence electrons. The average molecular weight is 294 g/mol. The Labute approximate surface area is 124 Å². The van der Waals surface area contributed by atoms with E-state index >= 15 is 0 Å². The first-order valence-corrected chi connectivity index (χ1v) is 7.01. The predicted octanol–water partition coefficient (Wildman–Crippen LogP) is 3.43. The third kappa shape index (κ3) is 2.67. The number of rotatable bonds is 5. The number of benzene rings is 1. The van der Waals surface area contributed by atoms with Crippen LogP contribution in [0.3, 0.4) is 0 Å². The summed E-state index contributed by atoms with van der Waals surface area (Å²) in [5.74, 6) is 0.833. The first-order chi connectivity index (χ1) is 9.60. The zero-order chi connectivity index (χ0) is 14.7. The van der Waals surface area contributed by atoms with Crippen LogP contribution in [0.1, 0.15) is 37.2 Å². The highest BCUT2D eigenvalue weighted by Gasteiger charge is 2.24. The van der Waals surface area contributed by atoms with E-state index in [0.29, 0.717) is 5.02 Å². The second-order valence-corrected chi connectivity index (χ2v) is 5.29. The Bertz CT molecular complexity index is 580. The van der Waals surface area contributed by atoms with Gasteiger partial charge in [0.1, 0.15) is 5.75 Å². The van der Waals surface area contributed by atoms with Crippen LogP contribution in [0.15, 0.2) is 30.5 Å². The largest absolute Gasteiger partial charge is 0.496 e. The molecule has 2 rings (SSSR count). The molecule has 0 bridgehead atoms. The van der Waals surface area contributed by atoms with Crippen molar-refractivity contribution in [3.05, 3.63) is 46.7 Å². The Balaban J connectivity index is 2.55. The van der Waals surface area contributed by atoms with Gasteiger partial charge in [-0.3, -0.25) is 4.68 Å². The van der Waals surface area contributed by atoms with Crippen LogP contribution in [-0.2, 0) is 0 Å². The maximum atomic E-state index is 6.34. The number of halogens is 1. The van der Waals surface area contributed by atoms with Crippen molar-refractivity contribution in [1.82, 2.24) is 15.1 Å². The summed E-state index contributed by atoms with van der Waals surface area (Å²) < 4.78 is 7.39. The van der Waals surface area contributed by atoms with E-state index in [-0.39, 0.29) is 12.1 Å². The molecule has 1 N–H and O–H groups in total. The van der Waals surface area contributed by atoms with Crippen LogP contribution in [0.4, 0.5) is 0 Å². The second-order valence-electron chi connectivity index (χ2n) is 4.88. The van der Waals surface area contributed by atoms with E-state index in [1.165, 1.54) is 0 Å². The maximum Gasteiger partial charge on any atom is 0.124 e. The number of hydrogen-bond donors (Lipinski definition) is 1. The van der Waals surface area contributed by atoms with Gasteiger partial charge in [0.25, 0.3) is 0 Å². The van der Waals surface area contributed by atoms with Crippen LogP contribution in [0.25, 0.3) is 0 Å². The molecule has 4 nitrogen and oxygen atoms in total. The van der Waals surface area contributed by atoms with Gasteiger partial charge < -0.3 is 10.1 Å². The summed E-state index contributed by atoms with van der Waals surface area (Å²) in [6.07, 6.45) is 1.69. The fourth-order valence-electron chi connectivity index (χ4n) is 2.38. The number of nitrogens with one attached hydrogen (secondary N) is 1. The molecular formula is C15H20ClN3O. The Hall–Kier alpha value is -1.52. The molecule has 0 aliphatic rings. The standard InChI is InChI=1S/C15H20ClN3O/c1-10(2)19-15(12(16)9-18-19)14(17-3)11-7-5-6-8-13(11)20-4/h5-10,14,17H,1-4H3. The van der Waals surface area contributed by atoms with Gasteiger partial charge in [-0.25, -0.2) is 0 Å². The topological polar surface area (TPSA) is 39.1 Å². The van der Waals surface area contributed by atoms with Gasteiger partial charge in [0.15, 0.2) is 0 Å². The highest BCUT2D eigenvalue weighted by Crippen LogP contribution is 2.34. The van der Waals surface area contributed by atoms with E-state index < -0.39 is 0 Å². The summed E-state index contributed by atoms with van der Waals surface area (Å²) in [5, 5.41) is 8.33. The van der Waals surface area contributed by atoms with Gasteiger partial charge in [-0.05, 0) is 27.0 Å². The molecule has 1 unspecified atom stereocenters. The lowest BCUT2D eigenvalue weighted by atomic mass is 10.0. The lowest BCUT2D eigenvalue weighted by Gasteiger charge is -2.22. The van der Waals surface area contributed by atoms with Crippen molar-refractivity contribution in [2.24, 2.45) is 0 Å². The van der Waals surface area contributed by atoms with Crippen LogP contribution >= 0.6 is 11.6 Å². The highest BCUT2D eigenvalue weighted by atomic mass is 35.5. The van der Waals surface area contributed by atoms with Gasteiger partial charge in [0.05, 0.1) is 30.1 Å². The Morgan fingerprint density at radius 1 is 1.30 bits per heavy atom. The number of aromatic nitrogens is 2. The Morgan fingerprint density at radius 3 is 2.60 bits per heavy atom. The lowest BCUT2D eigenvalue weighted by molar-refractivity contribution is 0.402. The van der Waals surface area contributed by atoms with Crippen molar-refractivity contribution in [2.45, 2.75) is 25.9 Å². The van der Waals surface area contributed by atoms with Crippen molar-refractivity contribution in [1.29, 1.82) is 0 Å². The molecule has 0 radical (unpaired) electrons. The molecule has 2 aromatic rings. The van der Waals surface area contributed by atoms with Gasteiger partial charge in [0, 0.05) is 11.6 Å². The lowest BCUT2D eigenvalue weighted by Crippen LogP contribution is -2.23. The number of methoxy groups -OCH3 is 1. The summed E-state index contributed by atoms with van der Waals surface area (Å²) in [7, 11) is 3.58. The third-order valence-corrected chi connectivity index (χ3v) is 3.58. The highest BCUT2D eigenvalue weighted by molar-refractivity contribution is 6.31. The number of ether oxygens (including phenoxy) is 1. The minimum atomic E-state index is -0.0662. The Kier molecular flexibility index (Phi) is 4.68. The van der Waals surface area contributed by atoms with Gasteiger partial charge in [0.2, 0.25) is 0 Å². The zero-order valence-electron chi connectivity index (χ0n) is 12.2. The molecule has 0 fully saturated rings. The molecule has 0 saturated heterocycles. The van der Waals surface area contributed by atoms with Crippen LogP contribution in [-0.4, -0.2) is 23.9 Å². The van der Waals surface area contributed by atoms with E-state index in [4.69, 9.17) is 16.3 Å². The fraction of sp³-hybridized carbons (Fsp3) is 0.400. The average Bonchev–Trinajstić information content (AvgIpc) is 2.83. The first kappa shape index (κ1) is 14.9. The van der Waals surface area contributed by atoms with Gasteiger partial charge >= 0.3 is 0 Å². The van der Waals surface area contributed by atoms with E-state index in [1.807, 2.05) is 36.0 Å². The fourth-order valence-corrected chi connectivity index (χ4v) is 2.62. The molecule has 20 heavy (non-hydrogen) atoms. The van der Waals surface area contributed by atoms with Crippen molar-refractivity contribution < 1.29 is 4.74 Å². The molecule has 0 aliphatic heterocycles. The summed E-state index contributed by atoms with van der Waals surface area (Å²) in [4.78, 5) is 0. The Morgan fingerprint density at radius 2 is 2.00 bits per heavy atom. The summed E-state index contributed by atoms with van der Waals surface area (Å²) in [5.41, 5.74) is 2.00. The molecule has 1 aromatic heterocycles. The molecule has 0 spiro atoms. The quantitative estimate of drug-likeness (QED) is 0.918. The molecule has 1 aromatic carbocycles. The summed E-state index contributed by atoms with van der Waals surface area (Å²) >= 11 is 6.34. The second kappa shape index (κ2) is 6.29. The van der Waals surface area contributed by atoms with E-state index in [1.54, 1.807) is 13.3 Å². The smallest absolute Gasteiger partial charge is 0.124 e. The maximum absolute atomic E-state index is 6.34. The van der Waals surface area contributed by atoms with Crippen molar-refractivity contribution in [3.63, 3.8) is 0 Å². The predicted molar refractivity (Wildman–Crippen MR) is 81.5 cm³/mol. The molecule has 1 heterocycles. The zero-order valence-corrected chi connectivity index (χ0v) is 13.0. The molecule has 0 saturated carbocycles. The SMILES string of the molecule is CNC(c1ccccc1OC)c1c(Cl)cnn1C(C)C. The van der Waals surface area contributed by atoms with Gasteiger partial charge in [-0.15, -0.1) is 0 Å². The number of para-hydroxylation sites is 1. The van der Waals surface area contributed by atoms with E-state index in [0.717, 1.165) is 17.0 Å². The third-order valence-electron chi connectivity index (χ3n) is 3.29. The van der Waals surface area contributed by atoms with Crippen molar-refractivity contribution >= 4 is 11.6 Å². The minimum Gasteiger partial charge on any atom is -0.496 e. The van der Waals surface area contributed by atoms with Crippen molar-refractivity contribution in [2.75, 3.05) is 14.2 Å². The van der Waals surface area contributed by atoms with Gasteiger partial charge in [-0.2, -0.15) is 5.10 Å². The molecule has 0 aliphatic carbocycles. The minimum absolute atomic E-state index is 0.0662. The molecular weight excluding hydrogens is 274 g/mol. The monoisotopic (exact) mass is 293 g/mol. The van der Waals surface area contributed by atoms with E-state index in [2.05, 4.69) is 24.3 Å². The number of hydrogen-bond acceptors (Lipinski definition) is 3. The van der Waals surface area contributed by atoms with Crippen molar-refractivity contribution in [3.8, 4) is 5.75 Å². The normalized spacial score (nSPS) is 12.7. The van der Waals surface area contributed by atoms with Crippen LogP contribution < -0.4 is 10.1 Å². The van der Waals surface area contributed by atoms with E-state index in [9.17, 15) is 0 Å². The number of nitrogens with zero attached hydrogens (tertiary/aromatic N) is 2. The first-order valence-electron chi connectivity index (χ1n) is 6.63. The summed E-state index contributed by atoms with van der Waals surface area (Å²) in [6, 6.07) is 8.10. The summed E-state index contributed by atoms with van der Waals surface area (Å²) in [6.45, 7) is 4.17. The van der Waals surface area contributed by atoms with Gasteiger partial charge in [-0.1, -0.05) is 29.8 Å². The van der Waals surface area contributed by atoms with Crippen LogP contribution in [0.2, 0.25) is 5.02 Å². The molecule has 1 atom stereocenters.